The predicted molar refractivity (Wildman–Crippen MR) is 65.2 cm³/mol. The molecule has 0 aromatic heterocycles. The van der Waals surface area contributed by atoms with Crippen molar-refractivity contribution in [2.45, 2.75) is 10.5 Å². The van der Waals surface area contributed by atoms with Gasteiger partial charge in [0, 0.05) is 23.3 Å². The minimum absolute atomic E-state index is 0.535. The molecule has 6 aliphatic rings. The highest BCUT2D eigenvalue weighted by molar-refractivity contribution is 8.21. The fraction of sp³-hybridized carbons (Fsp3) is 0.923. The number of rotatable bonds is 0. The van der Waals surface area contributed by atoms with Gasteiger partial charge < -0.3 is 0 Å². The van der Waals surface area contributed by atoms with Crippen LogP contribution in [0.3, 0.4) is 0 Å². The molecule has 8 atom stereocenters. The second kappa shape index (κ2) is 2.16. The van der Waals surface area contributed by atoms with E-state index in [2.05, 4.69) is 23.5 Å². The molecule has 1 heterocycles. The molecule has 1 nitrogen and oxygen atoms in total. The monoisotopic (exact) mass is 250 g/mol. The Bertz CT molecular complexity index is 441. The summed E-state index contributed by atoms with van der Waals surface area (Å²) in [5.41, 5.74) is 0. The minimum atomic E-state index is 0.535. The first-order chi connectivity index (χ1) is 7.84. The molecule has 5 aliphatic carbocycles. The van der Waals surface area contributed by atoms with Crippen molar-refractivity contribution in [3.05, 3.63) is 0 Å². The van der Waals surface area contributed by atoms with Crippen molar-refractivity contribution in [3.63, 3.8) is 0 Å². The molecule has 16 heavy (non-hydrogen) atoms. The maximum atomic E-state index is 12.4. The second-order valence-electron chi connectivity index (χ2n) is 6.64. The Kier molecular flexibility index (Phi) is 1.14. The van der Waals surface area contributed by atoms with E-state index in [-0.39, 0.29) is 0 Å². The first kappa shape index (κ1) is 8.47. The van der Waals surface area contributed by atoms with Gasteiger partial charge in [-0.15, -0.1) is 23.5 Å². The summed E-state index contributed by atoms with van der Waals surface area (Å²) in [7, 11) is 0. The van der Waals surface area contributed by atoms with Crippen molar-refractivity contribution >= 4 is 29.3 Å². The number of carbonyl (C=O) groups is 1. The molecule has 5 saturated carbocycles. The van der Waals surface area contributed by atoms with Gasteiger partial charge in [-0.25, -0.2) is 0 Å². The van der Waals surface area contributed by atoms with Crippen LogP contribution in [0.5, 0.6) is 0 Å². The van der Waals surface area contributed by atoms with Crippen LogP contribution >= 0.6 is 23.5 Å². The smallest absolute Gasteiger partial charge is 0.140 e. The normalized spacial score (nSPS) is 69.9. The van der Waals surface area contributed by atoms with Crippen LogP contribution in [0, 0.1) is 47.3 Å². The molecule has 1 aliphatic heterocycles. The van der Waals surface area contributed by atoms with Gasteiger partial charge in [-0.2, -0.15) is 0 Å². The van der Waals surface area contributed by atoms with E-state index >= 15 is 0 Å². The van der Waals surface area contributed by atoms with E-state index in [4.69, 9.17) is 0 Å². The Hall–Kier alpha value is 0.370. The van der Waals surface area contributed by atoms with E-state index in [0.717, 1.165) is 41.3 Å². The molecule has 3 heteroatoms. The molecule has 0 aromatic rings. The maximum Gasteiger partial charge on any atom is 0.140 e. The average molecular weight is 250 g/mol. The zero-order valence-corrected chi connectivity index (χ0v) is 10.6. The molecular formula is C13H14OS2. The number of carbonyl (C=O) groups excluding carboxylic acids is 1. The van der Waals surface area contributed by atoms with Gasteiger partial charge in [0.25, 0.3) is 0 Å². The third-order valence-corrected chi connectivity index (χ3v) is 10.6. The van der Waals surface area contributed by atoms with Crippen LogP contribution in [0.2, 0.25) is 0 Å². The van der Waals surface area contributed by atoms with E-state index in [9.17, 15) is 4.79 Å². The number of fused-ring (bicyclic) bond motifs is 4. The van der Waals surface area contributed by atoms with E-state index < -0.39 is 0 Å². The lowest BCUT2D eigenvalue weighted by molar-refractivity contribution is -0.133. The van der Waals surface area contributed by atoms with Crippen molar-refractivity contribution in [1.29, 1.82) is 0 Å². The molecule has 0 radical (unpaired) electrons. The van der Waals surface area contributed by atoms with Crippen molar-refractivity contribution in [1.82, 2.24) is 0 Å². The number of hydrogen-bond acceptors (Lipinski definition) is 3. The lowest BCUT2D eigenvalue weighted by atomic mass is 9.59. The van der Waals surface area contributed by atoms with Crippen molar-refractivity contribution in [3.8, 4) is 0 Å². The van der Waals surface area contributed by atoms with Gasteiger partial charge in [-0.1, -0.05) is 0 Å². The van der Waals surface area contributed by atoms with Gasteiger partial charge in [-0.3, -0.25) is 4.79 Å². The standard InChI is InChI=1S/C13H14OS2/c14-12-8-4-3-5-7-6(4)9(12)11(7)13(10(5)8)15-1-2-16-13/h4-11H,1-3H2/t4-,5-,6-,7+,8-,9+,10-,11+/m0/s1. The Labute approximate surface area is 103 Å². The number of hydrogen-bond donors (Lipinski definition) is 0. The topological polar surface area (TPSA) is 17.1 Å². The molecular weight excluding hydrogens is 236 g/mol. The van der Waals surface area contributed by atoms with E-state index in [1.165, 1.54) is 17.9 Å². The first-order valence-electron chi connectivity index (χ1n) is 6.66. The highest BCUT2D eigenvalue weighted by Gasteiger charge is 2.88. The summed E-state index contributed by atoms with van der Waals surface area (Å²) in [5.74, 6) is 9.84. The van der Waals surface area contributed by atoms with Crippen LogP contribution in [0.15, 0.2) is 0 Å². The fourth-order valence-electron chi connectivity index (χ4n) is 6.94. The Morgan fingerprint density at radius 1 is 1.00 bits per heavy atom. The highest BCUT2D eigenvalue weighted by Crippen LogP contribution is 2.88. The SMILES string of the molecule is O=C1[C@@H]2[C@H]3[C@@H]4C[C@H]5[C@H]3[C@H]2C2(SCCS2)[C@@H]5[C@@H]14. The zero-order valence-electron chi connectivity index (χ0n) is 8.96. The third kappa shape index (κ3) is 0.534. The molecule has 0 unspecified atom stereocenters. The van der Waals surface area contributed by atoms with Crippen LogP contribution < -0.4 is 0 Å². The molecule has 84 valence electrons. The Morgan fingerprint density at radius 3 is 2.62 bits per heavy atom. The molecule has 6 fully saturated rings. The Balaban J connectivity index is 1.66. The van der Waals surface area contributed by atoms with Gasteiger partial charge in [0.05, 0.1) is 4.08 Å². The van der Waals surface area contributed by atoms with Crippen molar-refractivity contribution in [2.75, 3.05) is 11.5 Å². The average Bonchev–Trinajstić information content (AvgIpc) is 2.87. The Morgan fingerprint density at radius 2 is 1.81 bits per heavy atom. The summed E-state index contributed by atoms with van der Waals surface area (Å²) < 4.78 is 0.542. The summed E-state index contributed by atoms with van der Waals surface area (Å²) in [4.78, 5) is 12.4. The van der Waals surface area contributed by atoms with Gasteiger partial charge in [0.2, 0.25) is 0 Å². The van der Waals surface area contributed by atoms with Crippen molar-refractivity contribution in [2.24, 2.45) is 47.3 Å². The summed E-state index contributed by atoms with van der Waals surface area (Å²) in [5, 5.41) is 0. The van der Waals surface area contributed by atoms with E-state index in [0.29, 0.717) is 15.9 Å². The van der Waals surface area contributed by atoms with Gasteiger partial charge >= 0.3 is 0 Å². The predicted octanol–water partition coefficient (Wildman–Crippen LogP) is 2.12. The van der Waals surface area contributed by atoms with Crippen LogP contribution in [-0.2, 0) is 4.79 Å². The summed E-state index contributed by atoms with van der Waals surface area (Å²) in [6.07, 6.45) is 1.44. The van der Waals surface area contributed by atoms with Crippen LogP contribution in [0.1, 0.15) is 6.42 Å². The molecule has 1 spiro atoms. The lowest BCUT2D eigenvalue weighted by Crippen LogP contribution is -2.53. The van der Waals surface area contributed by atoms with Crippen LogP contribution in [-0.4, -0.2) is 21.4 Å². The lowest BCUT2D eigenvalue weighted by Gasteiger charge is -2.50. The zero-order chi connectivity index (χ0) is 10.2. The quantitative estimate of drug-likeness (QED) is 0.655. The highest BCUT2D eigenvalue weighted by atomic mass is 32.2. The second-order valence-corrected chi connectivity index (χ2v) is 9.65. The molecule has 6 rings (SSSR count). The maximum absolute atomic E-state index is 12.4. The molecule has 0 aromatic carbocycles. The third-order valence-electron chi connectivity index (χ3n) is 6.83. The van der Waals surface area contributed by atoms with Gasteiger partial charge in [-0.05, 0) is 41.9 Å². The number of thioether (sulfide) groups is 2. The summed E-state index contributed by atoms with van der Waals surface area (Å²) in [6.45, 7) is 0. The van der Waals surface area contributed by atoms with E-state index in [1.54, 1.807) is 0 Å². The van der Waals surface area contributed by atoms with Gasteiger partial charge in [0.15, 0.2) is 0 Å². The summed E-state index contributed by atoms with van der Waals surface area (Å²) >= 11 is 4.50. The van der Waals surface area contributed by atoms with Crippen LogP contribution in [0.4, 0.5) is 0 Å². The minimum Gasteiger partial charge on any atom is -0.299 e. The largest absolute Gasteiger partial charge is 0.299 e. The molecule has 0 N–H and O–H groups in total. The molecule has 2 bridgehead atoms. The number of ketones is 1. The number of Topliss-reactive ketones (excluding diaryl/α,β-unsaturated/α-hetero) is 1. The molecule has 0 amide bonds. The molecule has 1 saturated heterocycles. The van der Waals surface area contributed by atoms with Crippen molar-refractivity contribution < 1.29 is 4.79 Å². The van der Waals surface area contributed by atoms with Crippen LogP contribution in [0.25, 0.3) is 0 Å². The first-order valence-corrected chi connectivity index (χ1v) is 8.63. The fourth-order valence-corrected chi connectivity index (χ4v) is 11.1. The summed E-state index contributed by atoms with van der Waals surface area (Å²) in [6, 6.07) is 0. The van der Waals surface area contributed by atoms with Gasteiger partial charge in [0.1, 0.15) is 5.78 Å². The van der Waals surface area contributed by atoms with E-state index in [1.807, 2.05) is 0 Å².